The Hall–Kier alpha value is -3.79. The first-order valence-corrected chi connectivity index (χ1v) is 10.6. The fourth-order valence-corrected chi connectivity index (χ4v) is 4.40. The number of hydrogen-bond acceptors (Lipinski definition) is 1. The van der Waals surface area contributed by atoms with Crippen molar-refractivity contribution in [2.45, 2.75) is 26.4 Å². The van der Waals surface area contributed by atoms with Crippen molar-refractivity contribution in [1.29, 1.82) is 0 Å². The average molecular weight is 408 g/mol. The number of aryl methyl sites for hydroxylation is 1. The average Bonchev–Trinajstić information content (AvgIpc) is 3.21. The first kappa shape index (κ1) is 19.2. The Morgan fingerprint density at radius 2 is 1.65 bits per heavy atom. The van der Waals surface area contributed by atoms with Crippen LogP contribution in [-0.2, 0) is 6.54 Å². The fourth-order valence-electron chi connectivity index (χ4n) is 4.40. The van der Waals surface area contributed by atoms with Gasteiger partial charge in [0.2, 0.25) is 0 Å². The number of urea groups is 1. The maximum atomic E-state index is 13.7. The first-order chi connectivity index (χ1) is 15.1. The molecule has 0 unspecified atom stereocenters. The van der Waals surface area contributed by atoms with Crippen molar-refractivity contribution < 1.29 is 4.79 Å². The van der Waals surface area contributed by atoms with Gasteiger partial charge in [-0.25, -0.2) is 4.79 Å². The minimum Gasteiger partial charge on any atom is -0.318 e. The maximum absolute atomic E-state index is 13.7. The van der Waals surface area contributed by atoms with Crippen LogP contribution >= 0.6 is 0 Å². The predicted octanol–water partition coefficient (Wildman–Crippen LogP) is 6.23. The van der Waals surface area contributed by atoms with E-state index < -0.39 is 0 Å². The van der Waals surface area contributed by atoms with E-state index >= 15 is 0 Å². The minimum atomic E-state index is -0.200. The standard InChI is InChI=1S/C27H25N3O/c1-19-10-8-14-23(20(19)2)28-27(31)30-18-22-13-6-7-15-24(22)29-17-9-16-25(29)26(30)21-11-4-3-5-12-21/h3-17,26H,18H2,1-2H3,(H,28,31)/t26-/m1/s1. The zero-order valence-corrected chi connectivity index (χ0v) is 17.7. The molecule has 154 valence electrons. The number of para-hydroxylation sites is 1. The van der Waals surface area contributed by atoms with Gasteiger partial charge in [-0.3, -0.25) is 0 Å². The topological polar surface area (TPSA) is 37.3 Å². The molecule has 1 aromatic heterocycles. The monoisotopic (exact) mass is 407 g/mol. The SMILES string of the molecule is Cc1cccc(NC(=O)N2Cc3ccccc3-n3cccc3[C@H]2c2ccccc2)c1C. The van der Waals surface area contributed by atoms with Gasteiger partial charge in [0.05, 0.1) is 18.3 Å². The predicted molar refractivity (Wildman–Crippen MR) is 125 cm³/mol. The van der Waals surface area contributed by atoms with Crippen molar-refractivity contribution in [1.82, 2.24) is 9.47 Å². The zero-order chi connectivity index (χ0) is 21.4. The molecule has 3 aromatic carbocycles. The molecule has 4 heteroatoms. The quantitative estimate of drug-likeness (QED) is 0.420. The lowest BCUT2D eigenvalue weighted by Gasteiger charge is -2.31. The number of carbonyl (C=O) groups is 1. The van der Waals surface area contributed by atoms with Crippen LogP contribution in [0.2, 0.25) is 0 Å². The van der Waals surface area contributed by atoms with Crippen molar-refractivity contribution in [3.8, 4) is 5.69 Å². The van der Waals surface area contributed by atoms with E-state index in [-0.39, 0.29) is 12.1 Å². The van der Waals surface area contributed by atoms with Crippen LogP contribution in [0.3, 0.4) is 0 Å². The highest BCUT2D eigenvalue weighted by Crippen LogP contribution is 2.37. The van der Waals surface area contributed by atoms with Crippen LogP contribution in [0.1, 0.15) is 34.0 Å². The number of nitrogens with one attached hydrogen (secondary N) is 1. The van der Waals surface area contributed by atoms with E-state index in [1.165, 1.54) is 0 Å². The molecular formula is C27H25N3O. The molecular weight excluding hydrogens is 382 g/mol. The summed E-state index contributed by atoms with van der Waals surface area (Å²) in [6.45, 7) is 4.63. The lowest BCUT2D eigenvalue weighted by molar-refractivity contribution is 0.194. The van der Waals surface area contributed by atoms with Crippen molar-refractivity contribution in [2.24, 2.45) is 0 Å². The molecule has 4 nitrogen and oxygen atoms in total. The normalized spacial score (nSPS) is 15.0. The summed E-state index contributed by atoms with van der Waals surface area (Å²) in [6, 6.07) is 28.4. The molecule has 2 heterocycles. The van der Waals surface area contributed by atoms with Gasteiger partial charge in [0.1, 0.15) is 0 Å². The van der Waals surface area contributed by atoms with Gasteiger partial charge < -0.3 is 14.8 Å². The molecule has 2 amide bonds. The molecule has 5 rings (SSSR count). The molecule has 0 saturated carbocycles. The van der Waals surface area contributed by atoms with Crippen LogP contribution in [0.4, 0.5) is 10.5 Å². The Balaban J connectivity index is 1.63. The van der Waals surface area contributed by atoms with Gasteiger partial charge in [0.15, 0.2) is 0 Å². The molecule has 4 aromatic rings. The molecule has 0 fully saturated rings. The number of nitrogens with zero attached hydrogens (tertiary/aromatic N) is 2. The maximum Gasteiger partial charge on any atom is 0.322 e. The van der Waals surface area contributed by atoms with Crippen molar-refractivity contribution in [3.63, 3.8) is 0 Å². The van der Waals surface area contributed by atoms with E-state index in [4.69, 9.17) is 0 Å². The number of fused-ring (bicyclic) bond motifs is 3. The summed E-state index contributed by atoms with van der Waals surface area (Å²) in [7, 11) is 0. The van der Waals surface area contributed by atoms with Gasteiger partial charge in [-0.1, -0.05) is 60.7 Å². The van der Waals surface area contributed by atoms with Crippen molar-refractivity contribution >= 4 is 11.7 Å². The molecule has 0 saturated heterocycles. The van der Waals surface area contributed by atoms with E-state index in [1.807, 2.05) is 60.4 Å². The summed E-state index contributed by atoms with van der Waals surface area (Å²) < 4.78 is 2.21. The van der Waals surface area contributed by atoms with Crippen LogP contribution in [0.5, 0.6) is 0 Å². The van der Waals surface area contributed by atoms with Crippen molar-refractivity contribution in [2.75, 3.05) is 5.32 Å². The Labute approximate surface area is 182 Å². The lowest BCUT2D eigenvalue weighted by Crippen LogP contribution is -2.38. The van der Waals surface area contributed by atoms with Crippen LogP contribution in [0.15, 0.2) is 91.1 Å². The highest BCUT2D eigenvalue weighted by molar-refractivity contribution is 5.91. The number of aromatic nitrogens is 1. The smallest absolute Gasteiger partial charge is 0.318 e. The second-order valence-electron chi connectivity index (χ2n) is 8.05. The van der Waals surface area contributed by atoms with Gasteiger partial charge in [0, 0.05) is 17.6 Å². The highest BCUT2D eigenvalue weighted by atomic mass is 16.2. The van der Waals surface area contributed by atoms with Gasteiger partial charge >= 0.3 is 6.03 Å². The van der Waals surface area contributed by atoms with E-state index in [1.54, 1.807) is 0 Å². The number of carbonyl (C=O) groups excluding carboxylic acids is 1. The second-order valence-corrected chi connectivity index (χ2v) is 8.05. The summed E-state index contributed by atoms with van der Waals surface area (Å²) in [5, 5.41) is 3.18. The summed E-state index contributed by atoms with van der Waals surface area (Å²) in [6.07, 6.45) is 2.08. The molecule has 31 heavy (non-hydrogen) atoms. The van der Waals surface area contributed by atoms with Crippen LogP contribution in [0.25, 0.3) is 5.69 Å². The summed E-state index contributed by atoms with van der Waals surface area (Å²) in [5.74, 6) is 0. The van der Waals surface area contributed by atoms with Gasteiger partial charge in [-0.15, -0.1) is 0 Å². The summed E-state index contributed by atoms with van der Waals surface area (Å²) >= 11 is 0. The van der Waals surface area contributed by atoms with Gasteiger partial charge in [-0.05, 0) is 60.4 Å². The van der Waals surface area contributed by atoms with Crippen molar-refractivity contribution in [3.05, 3.63) is 119 Å². The number of anilines is 1. The van der Waals surface area contributed by atoms with Crippen LogP contribution in [0, 0.1) is 13.8 Å². The number of hydrogen-bond donors (Lipinski definition) is 1. The number of rotatable bonds is 2. The molecule has 1 aliphatic heterocycles. The van der Waals surface area contributed by atoms with E-state index in [0.717, 1.165) is 39.3 Å². The summed E-state index contributed by atoms with van der Waals surface area (Å²) in [4.78, 5) is 15.7. The Morgan fingerprint density at radius 3 is 2.48 bits per heavy atom. The molecule has 0 spiro atoms. The lowest BCUT2D eigenvalue weighted by atomic mass is 10.0. The van der Waals surface area contributed by atoms with E-state index in [9.17, 15) is 4.79 Å². The molecule has 1 N–H and O–H groups in total. The van der Waals surface area contributed by atoms with E-state index in [0.29, 0.717) is 6.54 Å². The molecule has 1 aliphatic rings. The fraction of sp³-hybridized carbons (Fsp3) is 0.148. The van der Waals surface area contributed by atoms with Gasteiger partial charge in [0.25, 0.3) is 0 Å². The number of benzene rings is 3. The molecule has 1 atom stereocenters. The Bertz CT molecular complexity index is 1240. The molecule has 0 radical (unpaired) electrons. The Morgan fingerprint density at radius 1 is 0.871 bits per heavy atom. The van der Waals surface area contributed by atoms with Gasteiger partial charge in [-0.2, -0.15) is 0 Å². The van der Waals surface area contributed by atoms with Crippen LogP contribution in [-0.4, -0.2) is 15.5 Å². The largest absolute Gasteiger partial charge is 0.322 e. The molecule has 0 aliphatic carbocycles. The van der Waals surface area contributed by atoms with Crippen LogP contribution < -0.4 is 5.32 Å². The molecule has 0 bridgehead atoms. The zero-order valence-electron chi connectivity index (χ0n) is 17.7. The Kier molecular flexibility index (Phi) is 4.83. The second kappa shape index (κ2) is 7.80. The third-order valence-electron chi connectivity index (χ3n) is 6.19. The third kappa shape index (κ3) is 3.40. The minimum absolute atomic E-state index is 0.105. The third-order valence-corrected chi connectivity index (χ3v) is 6.19. The highest BCUT2D eigenvalue weighted by Gasteiger charge is 2.33. The summed E-state index contributed by atoms with van der Waals surface area (Å²) in [5.41, 5.74) is 7.50. The number of amides is 2. The van der Waals surface area contributed by atoms with E-state index in [2.05, 4.69) is 59.4 Å². The first-order valence-electron chi connectivity index (χ1n) is 10.6.